The second-order valence-electron chi connectivity index (χ2n) is 4.96. The van der Waals surface area contributed by atoms with Crippen molar-refractivity contribution in [2.24, 2.45) is 5.92 Å². The summed E-state index contributed by atoms with van der Waals surface area (Å²) in [6.07, 6.45) is 6.98. The highest BCUT2D eigenvalue weighted by molar-refractivity contribution is 5.76. The van der Waals surface area contributed by atoms with E-state index in [0.717, 1.165) is 0 Å². The van der Waals surface area contributed by atoms with Gasteiger partial charge in [-0.25, -0.2) is 0 Å². The molecule has 0 bridgehead atoms. The summed E-state index contributed by atoms with van der Waals surface area (Å²) in [6.45, 7) is 0.870. The van der Waals surface area contributed by atoms with Gasteiger partial charge in [-0.05, 0) is 25.2 Å². The van der Waals surface area contributed by atoms with E-state index < -0.39 is 6.10 Å². The van der Waals surface area contributed by atoms with Crippen LogP contribution in [-0.4, -0.2) is 37.4 Å². The SMILES string of the molecule is COCC(O)CCNC(=O)CC1CCCCC1. The van der Waals surface area contributed by atoms with Crippen LogP contribution < -0.4 is 5.32 Å². The first-order chi connectivity index (χ1) is 8.22. The van der Waals surface area contributed by atoms with Crippen molar-refractivity contribution in [1.29, 1.82) is 0 Å². The highest BCUT2D eigenvalue weighted by Crippen LogP contribution is 2.25. The highest BCUT2D eigenvalue weighted by atomic mass is 16.5. The number of hydrogen-bond donors (Lipinski definition) is 2. The quantitative estimate of drug-likeness (QED) is 0.712. The first-order valence-electron chi connectivity index (χ1n) is 6.66. The minimum Gasteiger partial charge on any atom is -0.391 e. The van der Waals surface area contributed by atoms with Gasteiger partial charge in [0.25, 0.3) is 0 Å². The van der Waals surface area contributed by atoms with Crippen LogP contribution in [0.4, 0.5) is 0 Å². The molecule has 0 aromatic heterocycles. The van der Waals surface area contributed by atoms with Crippen LogP contribution in [0.2, 0.25) is 0 Å². The van der Waals surface area contributed by atoms with Crippen molar-refractivity contribution in [1.82, 2.24) is 5.32 Å². The lowest BCUT2D eigenvalue weighted by Crippen LogP contribution is -2.30. The summed E-state index contributed by atoms with van der Waals surface area (Å²) in [5.41, 5.74) is 0. The topological polar surface area (TPSA) is 58.6 Å². The molecule has 0 aromatic rings. The number of nitrogens with one attached hydrogen (secondary N) is 1. The summed E-state index contributed by atoms with van der Waals surface area (Å²) in [5, 5.41) is 12.3. The van der Waals surface area contributed by atoms with Crippen LogP contribution in [0.3, 0.4) is 0 Å². The molecular formula is C13H25NO3. The van der Waals surface area contributed by atoms with Crippen molar-refractivity contribution in [3.05, 3.63) is 0 Å². The molecule has 0 aromatic carbocycles. The first kappa shape index (κ1) is 14.5. The number of rotatable bonds is 7. The van der Waals surface area contributed by atoms with Gasteiger partial charge in [-0.1, -0.05) is 19.3 Å². The zero-order valence-corrected chi connectivity index (χ0v) is 10.8. The Labute approximate surface area is 104 Å². The summed E-state index contributed by atoms with van der Waals surface area (Å²) < 4.78 is 4.82. The predicted molar refractivity (Wildman–Crippen MR) is 66.7 cm³/mol. The second-order valence-corrected chi connectivity index (χ2v) is 4.96. The molecule has 0 spiro atoms. The van der Waals surface area contributed by atoms with Crippen molar-refractivity contribution in [2.75, 3.05) is 20.3 Å². The number of amides is 1. The van der Waals surface area contributed by atoms with Crippen molar-refractivity contribution in [3.63, 3.8) is 0 Å². The number of methoxy groups -OCH3 is 1. The van der Waals surface area contributed by atoms with Crippen molar-refractivity contribution < 1.29 is 14.6 Å². The van der Waals surface area contributed by atoms with Gasteiger partial charge in [0.05, 0.1) is 12.7 Å². The molecule has 1 atom stereocenters. The minimum absolute atomic E-state index is 0.126. The first-order valence-corrected chi connectivity index (χ1v) is 6.66. The molecular weight excluding hydrogens is 218 g/mol. The van der Waals surface area contributed by atoms with Gasteiger partial charge in [0.1, 0.15) is 0 Å². The van der Waals surface area contributed by atoms with Gasteiger partial charge in [0, 0.05) is 20.1 Å². The lowest BCUT2D eigenvalue weighted by Gasteiger charge is -2.21. The Kier molecular flexibility index (Phi) is 7.21. The molecule has 4 nitrogen and oxygen atoms in total. The van der Waals surface area contributed by atoms with Crippen LogP contribution in [0.1, 0.15) is 44.9 Å². The van der Waals surface area contributed by atoms with E-state index in [1.807, 2.05) is 0 Å². The predicted octanol–water partition coefficient (Wildman–Crippen LogP) is 1.47. The third-order valence-corrected chi connectivity index (χ3v) is 3.36. The number of carbonyl (C=O) groups is 1. The lowest BCUT2D eigenvalue weighted by molar-refractivity contribution is -0.122. The summed E-state index contributed by atoms with van der Waals surface area (Å²) in [5.74, 6) is 0.703. The molecule has 100 valence electrons. The monoisotopic (exact) mass is 243 g/mol. The Morgan fingerprint density at radius 1 is 1.41 bits per heavy atom. The van der Waals surface area contributed by atoms with Crippen LogP contribution in [0.15, 0.2) is 0 Å². The largest absolute Gasteiger partial charge is 0.391 e. The van der Waals surface area contributed by atoms with E-state index in [4.69, 9.17) is 4.74 Å². The van der Waals surface area contributed by atoms with E-state index in [1.54, 1.807) is 7.11 Å². The van der Waals surface area contributed by atoms with Crippen LogP contribution in [0.25, 0.3) is 0 Å². The third kappa shape index (κ3) is 6.64. The van der Waals surface area contributed by atoms with E-state index in [1.165, 1.54) is 32.1 Å². The summed E-state index contributed by atoms with van der Waals surface area (Å²) in [7, 11) is 1.56. The minimum atomic E-state index is -0.477. The molecule has 17 heavy (non-hydrogen) atoms. The second kappa shape index (κ2) is 8.48. The summed E-state index contributed by atoms with van der Waals surface area (Å²) >= 11 is 0. The summed E-state index contributed by atoms with van der Waals surface area (Å²) in [4.78, 5) is 11.6. The molecule has 1 amide bonds. The smallest absolute Gasteiger partial charge is 0.220 e. The maximum absolute atomic E-state index is 11.6. The molecule has 0 radical (unpaired) electrons. The standard InChI is InChI=1S/C13H25NO3/c1-17-10-12(15)7-8-14-13(16)9-11-5-3-2-4-6-11/h11-12,15H,2-10H2,1H3,(H,14,16). The normalized spacial score (nSPS) is 18.9. The molecule has 1 aliphatic rings. The highest BCUT2D eigenvalue weighted by Gasteiger charge is 2.16. The van der Waals surface area contributed by atoms with E-state index >= 15 is 0 Å². The van der Waals surface area contributed by atoms with Crippen LogP contribution >= 0.6 is 0 Å². The Balaban J connectivity index is 2.04. The van der Waals surface area contributed by atoms with Gasteiger partial charge in [0.15, 0.2) is 0 Å². The van der Waals surface area contributed by atoms with Gasteiger partial charge in [-0.3, -0.25) is 4.79 Å². The number of hydrogen-bond acceptors (Lipinski definition) is 3. The molecule has 0 saturated heterocycles. The van der Waals surface area contributed by atoms with Gasteiger partial charge < -0.3 is 15.2 Å². The fourth-order valence-electron chi connectivity index (χ4n) is 2.38. The zero-order valence-electron chi connectivity index (χ0n) is 10.8. The summed E-state index contributed by atoms with van der Waals surface area (Å²) in [6, 6.07) is 0. The van der Waals surface area contributed by atoms with Crippen LogP contribution in [-0.2, 0) is 9.53 Å². The lowest BCUT2D eigenvalue weighted by atomic mass is 9.87. The van der Waals surface area contributed by atoms with E-state index in [2.05, 4.69) is 5.32 Å². The number of ether oxygens (including phenoxy) is 1. The van der Waals surface area contributed by atoms with Crippen molar-refractivity contribution in [2.45, 2.75) is 51.0 Å². The third-order valence-electron chi connectivity index (χ3n) is 3.36. The molecule has 1 aliphatic carbocycles. The molecule has 1 rings (SSSR count). The molecule has 1 fully saturated rings. The van der Waals surface area contributed by atoms with E-state index in [9.17, 15) is 9.90 Å². The number of aliphatic hydroxyl groups excluding tert-OH is 1. The van der Waals surface area contributed by atoms with Crippen LogP contribution in [0.5, 0.6) is 0 Å². The number of carbonyl (C=O) groups excluding carboxylic acids is 1. The van der Waals surface area contributed by atoms with Crippen molar-refractivity contribution in [3.8, 4) is 0 Å². The molecule has 1 saturated carbocycles. The average Bonchev–Trinajstić information content (AvgIpc) is 2.30. The maximum atomic E-state index is 11.6. The fourth-order valence-corrected chi connectivity index (χ4v) is 2.38. The Morgan fingerprint density at radius 2 is 2.12 bits per heavy atom. The molecule has 4 heteroatoms. The molecule has 0 heterocycles. The Bertz CT molecular complexity index is 215. The fraction of sp³-hybridized carbons (Fsp3) is 0.923. The van der Waals surface area contributed by atoms with Gasteiger partial charge in [-0.2, -0.15) is 0 Å². The molecule has 0 aliphatic heterocycles. The maximum Gasteiger partial charge on any atom is 0.220 e. The van der Waals surface area contributed by atoms with Crippen LogP contribution in [0, 0.1) is 5.92 Å². The Hall–Kier alpha value is -0.610. The van der Waals surface area contributed by atoms with E-state index in [-0.39, 0.29) is 5.91 Å². The zero-order chi connectivity index (χ0) is 12.5. The van der Waals surface area contributed by atoms with Crippen molar-refractivity contribution >= 4 is 5.91 Å². The Morgan fingerprint density at radius 3 is 2.76 bits per heavy atom. The average molecular weight is 243 g/mol. The van der Waals surface area contributed by atoms with Gasteiger partial charge >= 0.3 is 0 Å². The molecule has 1 unspecified atom stereocenters. The van der Waals surface area contributed by atoms with Gasteiger partial charge in [-0.15, -0.1) is 0 Å². The van der Waals surface area contributed by atoms with Gasteiger partial charge in [0.2, 0.25) is 5.91 Å². The molecule has 2 N–H and O–H groups in total. The number of aliphatic hydroxyl groups is 1. The van der Waals surface area contributed by atoms with E-state index in [0.29, 0.717) is 31.9 Å².